The first-order chi connectivity index (χ1) is 14.4. The molecule has 1 aliphatic rings. The predicted molar refractivity (Wildman–Crippen MR) is 115 cm³/mol. The van der Waals surface area contributed by atoms with E-state index in [-0.39, 0.29) is 24.2 Å². The van der Waals surface area contributed by atoms with Crippen LogP contribution in [0.25, 0.3) is 0 Å². The zero-order valence-corrected chi connectivity index (χ0v) is 18.4. The van der Waals surface area contributed by atoms with Crippen LogP contribution in [0.1, 0.15) is 49.5 Å². The van der Waals surface area contributed by atoms with E-state index in [0.29, 0.717) is 37.1 Å². The number of ketones is 1. The second-order valence-electron chi connectivity index (χ2n) is 8.72. The van der Waals surface area contributed by atoms with Gasteiger partial charge in [0.15, 0.2) is 0 Å². The first-order valence-corrected chi connectivity index (χ1v) is 10.1. The lowest BCUT2D eigenvalue weighted by Crippen LogP contribution is -2.46. The molecule has 0 unspecified atom stereocenters. The average molecular weight is 431 g/mol. The fraction of sp³-hybridized carbons (Fsp3) is 0.500. The molecule has 9 nitrogen and oxygen atoms in total. The number of nitrogens with zero attached hydrogens (tertiary/aromatic N) is 2. The van der Waals surface area contributed by atoms with Crippen LogP contribution in [0.3, 0.4) is 0 Å². The summed E-state index contributed by atoms with van der Waals surface area (Å²) in [6.07, 6.45) is 0.486. The number of esters is 1. The molecule has 1 heterocycles. The van der Waals surface area contributed by atoms with Gasteiger partial charge in [-0.05, 0) is 12.1 Å². The van der Waals surface area contributed by atoms with Gasteiger partial charge in [-0.1, -0.05) is 32.9 Å². The zero-order chi connectivity index (χ0) is 23.3. The number of Topliss-reactive ketones (excluding diaryl/α,β-unsaturated/α-hetero) is 1. The number of likely N-dealkylation sites (N-methyl/N-ethyl adjacent to an activating group) is 1. The summed E-state index contributed by atoms with van der Waals surface area (Å²) in [6, 6.07) is 6.31. The normalized spacial score (nSPS) is 14.6. The first-order valence-electron chi connectivity index (χ1n) is 10.1. The molecule has 1 aliphatic heterocycles. The first kappa shape index (κ1) is 24.0. The number of carbonyl (C=O) groups excluding carboxylic acids is 4. The van der Waals surface area contributed by atoms with Crippen LogP contribution in [0.2, 0.25) is 0 Å². The van der Waals surface area contributed by atoms with Crippen molar-refractivity contribution in [3.05, 3.63) is 35.4 Å². The van der Waals surface area contributed by atoms with Crippen molar-refractivity contribution in [3.63, 3.8) is 0 Å². The number of nitrogens with two attached hydrogens (primary N) is 1. The highest BCUT2D eigenvalue weighted by atomic mass is 16.5. The van der Waals surface area contributed by atoms with Gasteiger partial charge in [-0.3, -0.25) is 19.8 Å². The predicted octanol–water partition coefficient (Wildman–Crippen LogP) is 1.19. The molecule has 0 atom stereocenters. The topological polar surface area (TPSA) is 134 Å². The number of likely N-dealkylation sites (tertiary alicyclic amines) is 1. The van der Waals surface area contributed by atoms with Crippen molar-refractivity contribution in [2.75, 3.05) is 26.7 Å². The average Bonchev–Trinajstić information content (AvgIpc) is 2.72. The molecular formula is C22H30N4O5. The molecule has 0 bridgehead atoms. The number of hydrogen-bond acceptors (Lipinski definition) is 6. The van der Waals surface area contributed by atoms with Gasteiger partial charge in [0.2, 0.25) is 11.7 Å². The fourth-order valence-electron chi connectivity index (χ4n) is 3.12. The molecule has 0 aromatic heterocycles. The highest BCUT2D eigenvalue weighted by Crippen LogP contribution is 2.19. The van der Waals surface area contributed by atoms with E-state index >= 15 is 0 Å². The molecule has 0 spiro atoms. The lowest BCUT2D eigenvalue weighted by Gasteiger charge is -2.33. The van der Waals surface area contributed by atoms with Crippen LogP contribution < -0.4 is 5.73 Å². The molecule has 0 aliphatic carbocycles. The monoisotopic (exact) mass is 430 g/mol. The summed E-state index contributed by atoms with van der Waals surface area (Å²) < 4.78 is 5.30. The lowest BCUT2D eigenvalue weighted by atomic mass is 9.91. The van der Waals surface area contributed by atoms with Gasteiger partial charge in [0.05, 0.1) is 6.54 Å². The van der Waals surface area contributed by atoms with Crippen molar-refractivity contribution < 1.29 is 23.9 Å². The van der Waals surface area contributed by atoms with E-state index in [1.807, 2.05) is 0 Å². The summed E-state index contributed by atoms with van der Waals surface area (Å²) in [5, 5.41) is 7.39. The maximum atomic E-state index is 12.6. The van der Waals surface area contributed by atoms with Crippen molar-refractivity contribution in [3.8, 4) is 0 Å². The van der Waals surface area contributed by atoms with Gasteiger partial charge in [0.1, 0.15) is 11.9 Å². The highest BCUT2D eigenvalue weighted by molar-refractivity contribution is 6.35. The Balaban J connectivity index is 1.84. The Kier molecular flexibility index (Phi) is 7.54. The van der Waals surface area contributed by atoms with Gasteiger partial charge in [-0.2, -0.15) is 0 Å². The van der Waals surface area contributed by atoms with Gasteiger partial charge in [-0.15, -0.1) is 0 Å². The molecule has 1 aromatic carbocycles. The molecule has 1 saturated heterocycles. The van der Waals surface area contributed by atoms with E-state index in [2.05, 4.69) is 0 Å². The number of carbonyl (C=O) groups is 4. The molecule has 3 N–H and O–H groups in total. The standard InChI is InChI=1S/C22H30N4O5/c1-22(2,3)18(28)21(30)31-16-9-11-26(12-10-16)17(27)13-25(4)20(29)15-7-5-14(6-8-15)19(23)24/h5-8,16H,9-13H2,1-4H3,(H3,23,24). The summed E-state index contributed by atoms with van der Waals surface area (Å²) in [6.45, 7) is 5.67. The summed E-state index contributed by atoms with van der Waals surface area (Å²) in [5.74, 6) is -2.00. The Bertz CT molecular complexity index is 865. The van der Waals surface area contributed by atoms with Crippen LogP contribution in [0.15, 0.2) is 24.3 Å². The molecule has 9 heteroatoms. The summed E-state index contributed by atoms with van der Waals surface area (Å²) in [7, 11) is 1.55. The second-order valence-corrected chi connectivity index (χ2v) is 8.72. The van der Waals surface area contributed by atoms with Crippen molar-refractivity contribution >= 4 is 29.4 Å². The molecule has 2 amide bonds. The number of amides is 2. The Morgan fingerprint density at radius 1 is 1.10 bits per heavy atom. The summed E-state index contributed by atoms with van der Waals surface area (Å²) >= 11 is 0. The van der Waals surface area contributed by atoms with E-state index in [1.54, 1.807) is 57.0 Å². The molecule has 1 fully saturated rings. The van der Waals surface area contributed by atoms with Gasteiger partial charge in [0, 0.05) is 49.5 Å². The number of ether oxygens (including phenoxy) is 1. The molecule has 2 rings (SSSR count). The SMILES string of the molecule is CN(CC(=O)N1CCC(OC(=O)C(=O)C(C)(C)C)CC1)C(=O)c1ccc(C(=N)N)cc1. The maximum Gasteiger partial charge on any atom is 0.375 e. The fourth-order valence-corrected chi connectivity index (χ4v) is 3.12. The molecule has 0 saturated carbocycles. The van der Waals surface area contributed by atoms with Crippen LogP contribution in [0.4, 0.5) is 0 Å². The smallest absolute Gasteiger partial charge is 0.375 e. The van der Waals surface area contributed by atoms with Crippen molar-refractivity contribution in [1.82, 2.24) is 9.80 Å². The number of rotatable bonds is 6. The Morgan fingerprint density at radius 2 is 1.61 bits per heavy atom. The number of benzene rings is 1. The van der Waals surface area contributed by atoms with Crippen molar-refractivity contribution in [2.45, 2.75) is 39.7 Å². The molecule has 1 aromatic rings. The second kappa shape index (κ2) is 9.72. The quantitative estimate of drug-likeness (QED) is 0.301. The van der Waals surface area contributed by atoms with E-state index in [4.69, 9.17) is 15.9 Å². The van der Waals surface area contributed by atoms with E-state index < -0.39 is 23.3 Å². The lowest BCUT2D eigenvalue weighted by molar-refractivity contribution is -0.163. The van der Waals surface area contributed by atoms with Crippen LogP contribution >= 0.6 is 0 Å². The van der Waals surface area contributed by atoms with E-state index in [0.717, 1.165) is 0 Å². The third kappa shape index (κ3) is 6.37. The van der Waals surface area contributed by atoms with Gasteiger partial charge >= 0.3 is 5.97 Å². The third-order valence-electron chi connectivity index (χ3n) is 5.10. The van der Waals surface area contributed by atoms with Crippen LogP contribution in [-0.4, -0.2) is 72.0 Å². The van der Waals surface area contributed by atoms with Crippen molar-refractivity contribution in [2.24, 2.45) is 11.1 Å². The molecular weight excluding hydrogens is 400 g/mol. The highest BCUT2D eigenvalue weighted by Gasteiger charge is 2.33. The minimum atomic E-state index is -0.835. The Hall–Kier alpha value is -3.23. The Morgan fingerprint density at radius 3 is 2.10 bits per heavy atom. The number of amidine groups is 1. The van der Waals surface area contributed by atoms with Crippen LogP contribution in [0, 0.1) is 10.8 Å². The third-order valence-corrected chi connectivity index (χ3v) is 5.10. The number of nitrogens with one attached hydrogen (secondary N) is 1. The van der Waals surface area contributed by atoms with Crippen molar-refractivity contribution in [1.29, 1.82) is 5.41 Å². The minimum Gasteiger partial charge on any atom is -0.456 e. The minimum absolute atomic E-state index is 0.0831. The Labute approximate surface area is 182 Å². The number of piperidine rings is 1. The molecule has 31 heavy (non-hydrogen) atoms. The van der Waals surface area contributed by atoms with Crippen LogP contribution in [0.5, 0.6) is 0 Å². The van der Waals surface area contributed by atoms with Gasteiger partial charge in [-0.25, -0.2) is 4.79 Å². The number of hydrogen-bond donors (Lipinski definition) is 2. The maximum absolute atomic E-state index is 12.6. The van der Waals surface area contributed by atoms with Crippen LogP contribution in [-0.2, 0) is 19.1 Å². The van der Waals surface area contributed by atoms with Gasteiger partial charge in [0.25, 0.3) is 5.91 Å². The summed E-state index contributed by atoms with van der Waals surface area (Å²) in [5.41, 5.74) is 5.53. The van der Waals surface area contributed by atoms with E-state index in [1.165, 1.54) is 4.90 Å². The summed E-state index contributed by atoms with van der Waals surface area (Å²) in [4.78, 5) is 52.0. The van der Waals surface area contributed by atoms with Gasteiger partial charge < -0.3 is 20.3 Å². The molecule has 0 radical (unpaired) electrons. The zero-order valence-electron chi connectivity index (χ0n) is 18.4. The van der Waals surface area contributed by atoms with E-state index in [9.17, 15) is 19.2 Å². The molecule has 168 valence electrons. The largest absolute Gasteiger partial charge is 0.456 e. The number of nitrogen functional groups attached to an aromatic ring is 1.